The van der Waals surface area contributed by atoms with Crippen molar-refractivity contribution in [3.63, 3.8) is 0 Å². The molecule has 2 heteroatoms. The number of thioether (sulfide) groups is 1. The molecule has 0 amide bonds. The predicted octanol–water partition coefficient (Wildman–Crippen LogP) is 4.60. The molecule has 0 unspecified atom stereocenters. The van der Waals surface area contributed by atoms with Crippen LogP contribution in [0.1, 0.15) is 17.4 Å². The van der Waals surface area contributed by atoms with Crippen LogP contribution >= 0.6 is 23.1 Å². The van der Waals surface area contributed by atoms with Gasteiger partial charge in [-0.2, -0.15) is 0 Å². The number of benzene rings is 1. The van der Waals surface area contributed by atoms with Crippen LogP contribution in [0.2, 0.25) is 0 Å². The molecule has 0 nitrogen and oxygen atoms in total. The first-order valence-corrected chi connectivity index (χ1v) is 6.94. The molecule has 0 aliphatic rings. The fraction of sp³-hybridized carbons (Fsp3) is 0.231. The van der Waals surface area contributed by atoms with Gasteiger partial charge in [-0.1, -0.05) is 37.3 Å². The van der Waals surface area contributed by atoms with Gasteiger partial charge in [-0.15, -0.1) is 23.1 Å². The Kier molecular flexibility index (Phi) is 3.87. The van der Waals surface area contributed by atoms with Crippen LogP contribution in [0.15, 0.2) is 46.7 Å². The minimum absolute atomic E-state index is 1.07. The van der Waals surface area contributed by atoms with Crippen LogP contribution < -0.4 is 0 Å². The Hall–Kier alpha value is -0.730. The standard InChI is InChI=1S/C13H14S2/c1-2-12-8-9-13(15-12)14-10-11-6-4-3-5-7-11/h3-9H,2,10H2,1H3. The van der Waals surface area contributed by atoms with Gasteiger partial charge in [0.05, 0.1) is 4.21 Å². The molecular formula is C13H14S2. The van der Waals surface area contributed by atoms with E-state index in [0.717, 1.165) is 12.2 Å². The van der Waals surface area contributed by atoms with Crippen LogP contribution in [0.25, 0.3) is 0 Å². The lowest BCUT2D eigenvalue weighted by molar-refractivity contribution is 1.19. The quantitative estimate of drug-likeness (QED) is 0.697. The molecule has 0 fully saturated rings. The van der Waals surface area contributed by atoms with E-state index in [1.54, 1.807) is 0 Å². The maximum atomic E-state index is 2.23. The van der Waals surface area contributed by atoms with Crippen molar-refractivity contribution in [1.82, 2.24) is 0 Å². The molecular weight excluding hydrogens is 220 g/mol. The molecule has 15 heavy (non-hydrogen) atoms. The number of rotatable bonds is 4. The summed E-state index contributed by atoms with van der Waals surface area (Å²) in [5.74, 6) is 1.07. The van der Waals surface area contributed by atoms with Crippen LogP contribution in [-0.4, -0.2) is 0 Å². The molecule has 78 valence electrons. The summed E-state index contributed by atoms with van der Waals surface area (Å²) in [6, 6.07) is 15.1. The average molecular weight is 234 g/mol. The molecule has 0 saturated heterocycles. The average Bonchev–Trinajstić information content (AvgIpc) is 2.76. The van der Waals surface area contributed by atoms with Crippen molar-refractivity contribution in [2.24, 2.45) is 0 Å². The molecule has 1 aromatic carbocycles. The largest absolute Gasteiger partial charge is 0.134 e. The van der Waals surface area contributed by atoms with Gasteiger partial charge < -0.3 is 0 Å². The topological polar surface area (TPSA) is 0 Å². The summed E-state index contributed by atoms with van der Waals surface area (Å²) in [6.07, 6.45) is 1.15. The molecule has 2 rings (SSSR count). The van der Waals surface area contributed by atoms with Gasteiger partial charge in [-0.3, -0.25) is 0 Å². The van der Waals surface area contributed by atoms with Gasteiger partial charge in [-0.05, 0) is 24.1 Å². The third-order valence-electron chi connectivity index (χ3n) is 2.21. The molecule has 0 aliphatic carbocycles. The Morgan fingerprint density at radius 2 is 1.87 bits per heavy atom. The van der Waals surface area contributed by atoms with Crippen LogP contribution in [-0.2, 0) is 12.2 Å². The van der Waals surface area contributed by atoms with Crippen LogP contribution in [0, 0.1) is 0 Å². The molecule has 1 aromatic heterocycles. The molecule has 0 saturated carbocycles. The predicted molar refractivity (Wildman–Crippen MR) is 69.7 cm³/mol. The Balaban J connectivity index is 1.93. The second-order valence-electron chi connectivity index (χ2n) is 3.35. The maximum Gasteiger partial charge on any atom is 0.0604 e. The first-order valence-electron chi connectivity index (χ1n) is 5.14. The first-order chi connectivity index (χ1) is 7.38. The molecule has 0 bridgehead atoms. The summed E-state index contributed by atoms with van der Waals surface area (Å²) in [6.45, 7) is 2.21. The lowest BCUT2D eigenvalue weighted by Gasteiger charge is -1.98. The minimum Gasteiger partial charge on any atom is -0.134 e. The monoisotopic (exact) mass is 234 g/mol. The van der Waals surface area contributed by atoms with Crippen molar-refractivity contribution < 1.29 is 0 Å². The molecule has 0 N–H and O–H groups in total. The molecule has 0 spiro atoms. The lowest BCUT2D eigenvalue weighted by atomic mass is 10.2. The lowest BCUT2D eigenvalue weighted by Crippen LogP contribution is -1.76. The van der Waals surface area contributed by atoms with Gasteiger partial charge in [0.15, 0.2) is 0 Å². The van der Waals surface area contributed by atoms with Crippen LogP contribution in [0.5, 0.6) is 0 Å². The van der Waals surface area contributed by atoms with Crippen molar-refractivity contribution >= 4 is 23.1 Å². The second kappa shape index (κ2) is 5.38. The van der Waals surface area contributed by atoms with E-state index in [0.29, 0.717) is 0 Å². The van der Waals surface area contributed by atoms with Crippen LogP contribution in [0.4, 0.5) is 0 Å². The molecule has 0 aliphatic heterocycles. The molecule has 1 heterocycles. The number of thiophene rings is 1. The summed E-state index contributed by atoms with van der Waals surface area (Å²) in [7, 11) is 0. The van der Waals surface area contributed by atoms with Gasteiger partial charge >= 0.3 is 0 Å². The highest BCUT2D eigenvalue weighted by Gasteiger charge is 1.99. The minimum atomic E-state index is 1.07. The van der Waals surface area contributed by atoms with Crippen molar-refractivity contribution in [2.45, 2.75) is 23.3 Å². The Bertz CT molecular complexity index is 403. The second-order valence-corrected chi connectivity index (χ2v) is 5.79. The van der Waals surface area contributed by atoms with Gasteiger partial charge in [0.2, 0.25) is 0 Å². The third-order valence-corrected chi connectivity index (χ3v) is 4.74. The maximum absolute atomic E-state index is 2.23. The van der Waals surface area contributed by atoms with Crippen LogP contribution in [0.3, 0.4) is 0 Å². The summed E-state index contributed by atoms with van der Waals surface area (Å²) in [5.41, 5.74) is 1.40. The fourth-order valence-electron chi connectivity index (χ4n) is 1.35. The normalized spacial score (nSPS) is 10.5. The Labute approximate surface area is 99.3 Å². The Morgan fingerprint density at radius 3 is 2.53 bits per heavy atom. The van der Waals surface area contributed by atoms with Crippen molar-refractivity contribution in [3.05, 3.63) is 52.9 Å². The third kappa shape index (κ3) is 3.11. The highest BCUT2D eigenvalue weighted by atomic mass is 32.2. The van der Waals surface area contributed by atoms with E-state index in [1.807, 2.05) is 23.1 Å². The summed E-state index contributed by atoms with van der Waals surface area (Å²) in [5, 5.41) is 0. The van der Waals surface area contributed by atoms with Gasteiger partial charge in [0.1, 0.15) is 0 Å². The highest BCUT2D eigenvalue weighted by molar-refractivity contribution is 8.00. The van der Waals surface area contributed by atoms with E-state index in [9.17, 15) is 0 Å². The fourth-order valence-corrected chi connectivity index (χ4v) is 3.43. The molecule has 2 aromatic rings. The zero-order chi connectivity index (χ0) is 10.5. The summed E-state index contributed by atoms with van der Waals surface area (Å²) >= 11 is 3.84. The molecule has 0 radical (unpaired) electrons. The van der Waals surface area contributed by atoms with Gasteiger partial charge in [0, 0.05) is 10.6 Å². The van der Waals surface area contributed by atoms with Gasteiger partial charge in [0.25, 0.3) is 0 Å². The zero-order valence-electron chi connectivity index (χ0n) is 8.77. The highest BCUT2D eigenvalue weighted by Crippen LogP contribution is 2.29. The van der Waals surface area contributed by atoms with E-state index in [4.69, 9.17) is 0 Å². The number of hydrogen-bond acceptors (Lipinski definition) is 2. The first kappa shape index (κ1) is 10.8. The number of aryl methyl sites for hydroxylation is 1. The van der Waals surface area contributed by atoms with Gasteiger partial charge in [-0.25, -0.2) is 0 Å². The van der Waals surface area contributed by atoms with Crippen molar-refractivity contribution in [3.8, 4) is 0 Å². The van der Waals surface area contributed by atoms with E-state index in [1.165, 1.54) is 14.6 Å². The number of hydrogen-bond donors (Lipinski definition) is 0. The zero-order valence-corrected chi connectivity index (χ0v) is 10.4. The van der Waals surface area contributed by atoms with Crippen molar-refractivity contribution in [1.29, 1.82) is 0 Å². The van der Waals surface area contributed by atoms with E-state index < -0.39 is 0 Å². The Morgan fingerprint density at radius 1 is 1.07 bits per heavy atom. The van der Waals surface area contributed by atoms with Crippen molar-refractivity contribution in [2.75, 3.05) is 0 Å². The molecule has 0 atom stereocenters. The smallest absolute Gasteiger partial charge is 0.0604 e. The summed E-state index contributed by atoms with van der Waals surface area (Å²) < 4.78 is 1.43. The SMILES string of the molecule is CCc1ccc(SCc2ccccc2)s1. The van der Waals surface area contributed by atoms with E-state index in [2.05, 4.69) is 49.4 Å². The summed E-state index contributed by atoms with van der Waals surface area (Å²) in [4.78, 5) is 1.48. The van der Waals surface area contributed by atoms with E-state index >= 15 is 0 Å². The van der Waals surface area contributed by atoms with E-state index in [-0.39, 0.29) is 0 Å².